The second-order valence-electron chi connectivity index (χ2n) is 11.0. The number of likely N-dealkylation sites (N-methyl/N-ethyl adjacent to an activating group) is 1. The number of amides is 1. The predicted molar refractivity (Wildman–Crippen MR) is 161 cm³/mol. The van der Waals surface area contributed by atoms with Gasteiger partial charge in [0, 0.05) is 13.5 Å². The van der Waals surface area contributed by atoms with Gasteiger partial charge < -0.3 is 24.1 Å². The van der Waals surface area contributed by atoms with Crippen molar-refractivity contribution < 1.29 is 96.3 Å². The van der Waals surface area contributed by atoms with Gasteiger partial charge in [0.05, 0.1) is 19.1 Å². The molecule has 0 aliphatic carbocycles. The number of carbonyl (C=O) groups is 3. The summed E-state index contributed by atoms with van der Waals surface area (Å²) < 4.78 is 35.5. The van der Waals surface area contributed by atoms with Crippen molar-refractivity contribution in [3.63, 3.8) is 0 Å². The van der Waals surface area contributed by atoms with Crippen LogP contribution in [0, 0.1) is 0 Å². The first-order valence-electron chi connectivity index (χ1n) is 16.1. The first-order valence-corrected chi connectivity index (χ1v) is 17.6. The van der Waals surface area contributed by atoms with Crippen LogP contribution in [-0.4, -0.2) is 61.7 Å². The zero-order valence-electron chi connectivity index (χ0n) is 28.3. The maximum absolute atomic E-state index is 11.6. The third kappa shape index (κ3) is 44.5. The van der Waals surface area contributed by atoms with E-state index in [1.807, 2.05) is 0 Å². The van der Waals surface area contributed by atoms with Crippen molar-refractivity contribution in [2.24, 2.45) is 0 Å². The van der Waals surface area contributed by atoms with E-state index in [1.54, 1.807) is 0 Å². The van der Waals surface area contributed by atoms with Gasteiger partial charge in [0.15, 0.2) is 0 Å². The van der Waals surface area contributed by atoms with Gasteiger partial charge in [-0.1, -0.05) is 136 Å². The van der Waals surface area contributed by atoms with E-state index in [-0.39, 0.29) is 78.2 Å². The molecule has 43 heavy (non-hydrogen) atoms. The maximum atomic E-state index is 11.6. The number of carboxylic acids is 1. The van der Waals surface area contributed by atoms with Gasteiger partial charge >= 0.3 is 65.1 Å². The molecule has 0 aliphatic rings. The summed E-state index contributed by atoms with van der Waals surface area (Å²) in [5, 5.41) is 10.4. The summed E-state index contributed by atoms with van der Waals surface area (Å²) in [5.41, 5.74) is 0. The number of nitrogens with zero attached hydrogens (tertiary/aromatic N) is 1. The van der Waals surface area contributed by atoms with Gasteiger partial charge in [0.2, 0.25) is 5.91 Å². The van der Waals surface area contributed by atoms with E-state index in [4.69, 9.17) is 0 Å². The van der Waals surface area contributed by atoms with E-state index >= 15 is 0 Å². The van der Waals surface area contributed by atoms with Gasteiger partial charge in [-0.25, -0.2) is 8.42 Å². The molecule has 0 rings (SSSR count). The Morgan fingerprint density at radius 1 is 0.628 bits per heavy atom. The topological polar surface area (TPSA) is 144 Å². The van der Waals surface area contributed by atoms with E-state index in [9.17, 15) is 32.5 Å². The van der Waals surface area contributed by atoms with Crippen LogP contribution in [0.3, 0.4) is 0 Å². The summed E-state index contributed by atoms with van der Waals surface area (Å²) in [6.07, 6.45) is 25.9. The third-order valence-corrected chi connectivity index (χ3v) is 7.43. The van der Waals surface area contributed by atoms with Crippen molar-refractivity contribution in [2.75, 3.05) is 26.0 Å². The van der Waals surface area contributed by atoms with Crippen LogP contribution in [0.25, 0.3) is 0 Å². The van der Waals surface area contributed by atoms with E-state index in [0.717, 1.165) is 32.1 Å². The smallest absolute Gasteiger partial charge is 0.748 e. The standard InChI is InChI=1S/C17H33NO3.C14H28O5S.2Na/c1-3-4-5-6-7-8-9-10-11-12-13-14-16(19)18(2)15-17(20)21;1-2-3-4-5-6-7-8-9-10-11-12-19-14(15)13-20(16,17)18;;/h3-15H2,1-2H3,(H,20,21);2-13H2,1H3,(H,16,17,18);;/q;;2*+1/p-2. The molecule has 0 saturated carbocycles. The molecule has 0 radical (unpaired) electrons. The fourth-order valence-electron chi connectivity index (χ4n) is 4.37. The number of rotatable bonds is 27. The summed E-state index contributed by atoms with van der Waals surface area (Å²) in [7, 11) is -3.00. The molecule has 0 heterocycles. The Morgan fingerprint density at radius 2 is 0.977 bits per heavy atom. The van der Waals surface area contributed by atoms with Gasteiger partial charge in [0.25, 0.3) is 0 Å². The normalized spacial score (nSPS) is 10.5. The van der Waals surface area contributed by atoms with Crippen molar-refractivity contribution in [3.8, 4) is 0 Å². The average Bonchev–Trinajstić information content (AvgIpc) is 2.89. The van der Waals surface area contributed by atoms with Crippen LogP contribution in [-0.2, 0) is 29.2 Å². The van der Waals surface area contributed by atoms with Gasteiger partial charge in [-0.05, 0) is 12.8 Å². The molecule has 1 amide bonds. The molecular weight excluding hydrogens is 592 g/mol. The summed E-state index contributed by atoms with van der Waals surface area (Å²) in [4.78, 5) is 34.1. The largest absolute Gasteiger partial charge is 1.00 e. The van der Waals surface area contributed by atoms with Crippen molar-refractivity contribution in [1.82, 2.24) is 4.90 Å². The number of unbranched alkanes of at least 4 members (excludes halogenated alkanes) is 19. The predicted octanol–water partition coefficient (Wildman–Crippen LogP) is -0.100. The summed E-state index contributed by atoms with van der Waals surface area (Å²) >= 11 is 0. The monoisotopic (exact) mass is 651 g/mol. The first-order chi connectivity index (χ1) is 19.5. The van der Waals surface area contributed by atoms with Crippen molar-refractivity contribution in [1.29, 1.82) is 0 Å². The molecule has 244 valence electrons. The van der Waals surface area contributed by atoms with Crippen LogP contribution in [0.4, 0.5) is 0 Å². The van der Waals surface area contributed by atoms with Crippen LogP contribution in [0.15, 0.2) is 0 Å². The Labute approximate surface area is 307 Å². The molecule has 0 aromatic carbocycles. The molecule has 0 aromatic rings. The van der Waals surface area contributed by atoms with E-state index in [1.165, 1.54) is 115 Å². The van der Waals surface area contributed by atoms with Crippen molar-refractivity contribution >= 4 is 28.0 Å². The fraction of sp³-hybridized carbons (Fsp3) is 0.903. The number of aliphatic carboxylic acids is 1. The fourth-order valence-corrected chi connectivity index (χ4v) is 4.75. The van der Waals surface area contributed by atoms with E-state index in [2.05, 4.69) is 18.6 Å². The molecule has 0 aliphatic heterocycles. The zero-order valence-corrected chi connectivity index (χ0v) is 33.1. The SMILES string of the molecule is CCCCCCCCCCCCCC(=O)N(C)CC(=O)[O-].CCCCCCCCCCCCOC(=O)CS(=O)(=O)[O-].[Na+].[Na+]. The van der Waals surface area contributed by atoms with Crippen LogP contribution in [0.5, 0.6) is 0 Å². The van der Waals surface area contributed by atoms with Crippen LogP contribution >= 0.6 is 0 Å². The van der Waals surface area contributed by atoms with Crippen molar-refractivity contribution in [2.45, 2.75) is 155 Å². The summed E-state index contributed by atoms with van der Waals surface area (Å²) in [6, 6.07) is 0. The minimum absolute atomic E-state index is 0. The Morgan fingerprint density at radius 3 is 1.33 bits per heavy atom. The average molecular weight is 652 g/mol. The van der Waals surface area contributed by atoms with Gasteiger partial charge in [-0.15, -0.1) is 0 Å². The second-order valence-corrected chi connectivity index (χ2v) is 12.4. The van der Waals surface area contributed by atoms with Gasteiger partial charge in [-0.3, -0.25) is 9.59 Å². The van der Waals surface area contributed by atoms with Crippen LogP contribution < -0.4 is 64.2 Å². The quantitative estimate of drug-likeness (QED) is 0.0519. The Hall–Kier alpha value is 0.320. The number of carbonyl (C=O) groups excluding carboxylic acids is 3. The maximum Gasteiger partial charge on any atom is 1.00 e. The molecule has 0 N–H and O–H groups in total. The number of esters is 1. The number of carboxylic acid groups (broad SMARTS) is 1. The molecule has 0 saturated heterocycles. The molecule has 12 heteroatoms. The number of hydrogen-bond donors (Lipinski definition) is 0. The number of ether oxygens (including phenoxy) is 1. The third-order valence-electron chi connectivity index (χ3n) is 6.84. The molecular formula is C31H59NNa2O8S. The molecule has 0 unspecified atom stereocenters. The minimum atomic E-state index is -4.51. The number of hydrogen-bond acceptors (Lipinski definition) is 8. The van der Waals surface area contributed by atoms with E-state index < -0.39 is 27.8 Å². The van der Waals surface area contributed by atoms with Gasteiger partial charge in [0.1, 0.15) is 15.9 Å². The first kappa shape index (κ1) is 50.2. The molecule has 0 aromatic heterocycles. The Kier molecular flexibility index (Phi) is 42.9. The Bertz CT molecular complexity index is 754. The van der Waals surface area contributed by atoms with Crippen molar-refractivity contribution in [3.05, 3.63) is 0 Å². The second kappa shape index (κ2) is 36.8. The van der Waals surface area contributed by atoms with Gasteiger partial charge in [-0.2, -0.15) is 0 Å². The van der Waals surface area contributed by atoms with Crippen LogP contribution in [0.1, 0.15) is 155 Å². The summed E-state index contributed by atoms with van der Waals surface area (Å²) in [5.74, 6) is -3.32. The van der Waals surface area contributed by atoms with E-state index in [0.29, 0.717) is 6.42 Å². The summed E-state index contributed by atoms with van der Waals surface area (Å²) in [6.45, 7) is 4.34. The zero-order chi connectivity index (χ0) is 31.2. The Balaban J connectivity index is -0.000000338. The van der Waals surface area contributed by atoms with Crippen LogP contribution in [0.2, 0.25) is 0 Å². The molecule has 9 nitrogen and oxygen atoms in total. The molecule has 0 spiro atoms. The molecule has 0 atom stereocenters. The molecule has 0 fully saturated rings. The molecule has 0 bridgehead atoms. The minimum Gasteiger partial charge on any atom is -0.748 e.